The summed E-state index contributed by atoms with van der Waals surface area (Å²) in [5.41, 5.74) is 23.6. The van der Waals surface area contributed by atoms with Gasteiger partial charge in [0.1, 0.15) is 17.4 Å². The lowest BCUT2D eigenvalue weighted by atomic mass is 9.87. The van der Waals surface area contributed by atoms with Crippen molar-refractivity contribution < 1.29 is 4.74 Å². The van der Waals surface area contributed by atoms with Gasteiger partial charge >= 0.3 is 0 Å². The normalized spacial score (nSPS) is 16.2. The molecule has 6 heteroatoms. The smallest absolute Gasteiger partial charge is 0.149 e. The molecule has 7 N–H and O–H groups in total. The number of nitrogens with two attached hydrogens (primary N) is 3. The monoisotopic (exact) mass is 403 g/mol. The second-order valence-corrected chi connectivity index (χ2v) is 7.80. The Bertz CT molecular complexity index is 1020. The van der Waals surface area contributed by atoms with Gasteiger partial charge in [-0.1, -0.05) is 36.4 Å². The topological polar surface area (TPSA) is 112 Å². The number of aryl methyl sites for hydroxylation is 1. The van der Waals surface area contributed by atoms with Gasteiger partial charge in [0.15, 0.2) is 0 Å². The number of nitrogens with one attached hydrogen (secondary N) is 1. The van der Waals surface area contributed by atoms with Gasteiger partial charge < -0.3 is 27.3 Å². The van der Waals surface area contributed by atoms with E-state index in [4.69, 9.17) is 21.9 Å². The van der Waals surface area contributed by atoms with Crippen LogP contribution in [0.15, 0.2) is 54.6 Å². The molecule has 1 aliphatic carbocycles. The van der Waals surface area contributed by atoms with Crippen molar-refractivity contribution in [3.8, 4) is 5.75 Å². The Kier molecular flexibility index (Phi) is 5.77. The quantitative estimate of drug-likeness (QED) is 0.479. The van der Waals surface area contributed by atoms with Gasteiger partial charge in [0.25, 0.3) is 0 Å². The number of fused-ring (bicyclic) bond motifs is 1. The summed E-state index contributed by atoms with van der Waals surface area (Å²) in [5.74, 6) is 1.69. The van der Waals surface area contributed by atoms with Crippen molar-refractivity contribution in [3.63, 3.8) is 0 Å². The van der Waals surface area contributed by atoms with Crippen LogP contribution in [-0.2, 0) is 6.42 Å². The van der Waals surface area contributed by atoms with Gasteiger partial charge in [0, 0.05) is 12.0 Å². The van der Waals surface area contributed by atoms with Crippen molar-refractivity contribution in [1.82, 2.24) is 10.3 Å². The minimum absolute atomic E-state index is 0.0861. The number of benzene rings is 2. The number of pyridine rings is 1. The average Bonchev–Trinajstić information content (AvgIpc) is 3.16. The Hall–Kier alpha value is -3.25. The van der Waals surface area contributed by atoms with Crippen molar-refractivity contribution in [2.75, 3.05) is 30.9 Å². The number of hydrogen-bond acceptors (Lipinski definition) is 6. The summed E-state index contributed by atoms with van der Waals surface area (Å²) in [6.07, 6.45) is 3.03. The Morgan fingerprint density at radius 1 is 1.10 bits per heavy atom. The number of anilines is 3. The van der Waals surface area contributed by atoms with E-state index < -0.39 is 0 Å². The van der Waals surface area contributed by atoms with Crippen molar-refractivity contribution in [2.45, 2.75) is 31.2 Å². The van der Waals surface area contributed by atoms with Crippen molar-refractivity contribution >= 4 is 17.3 Å². The van der Waals surface area contributed by atoms with Crippen LogP contribution in [0.2, 0.25) is 0 Å². The molecule has 0 amide bonds. The molecule has 30 heavy (non-hydrogen) atoms. The van der Waals surface area contributed by atoms with Crippen LogP contribution in [0.25, 0.3) is 0 Å². The number of ether oxygens (including phenoxy) is 1. The standard InChI is InChI=1S/C24H29N5O/c1-30-17-8-9-19-16(13-17)7-10-21(19)28-12-11-18(15-5-3-2-4-6-15)20-14-22(25)29-24(27)23(20)26/h2-6,8-9,13-14,18,21,28H,7,10-12,26H2,1H3,(H4,25,27,29). The van der Waals surface area contributed by atoms with E-state index >= 15 is 0 Å². The van der Waals surface area contributed by atoms with E-state index in [0.29, 0.717) is 17.5 Å². The molecular weight excluding hydrogens is 374 g/mol. The first-order chi connectivity index (χ1) is 14.6. The van der Waals surface area contributed by atoms with Crippen LogP contribution in [0.1, 0.15) is 47.1 Å². The summed E-state index contributed by atoms with van der Waals surface area (Å²) in [6.45, 7) is 0.845. The molecule has 0 spiro atoms. The molecule has 2 unspecified atom stereocenters. The third-order valence-corrected chi connectivity index (χ3v) is 5.97. The Morgan fingerprint density at radius 2 is 1.90 bits per heavy atom. The third kappa shape index (κ3) is 4.04. The maximum absolute atomic E-state index is 6.30. The molecule has 0 bridgehead atoms. The zero-order chi connectivity index (χ0) is 21.1. The summed E-state index contributed by atoms with van der Waals surface area (Å²) >= 11 is 0. The number of methoxy groups -OCH3 is 1. The molecule has 0 fully saturated rings. The molecule has 1 aromatic heterocycles. The zero-order valence-corrected chi connectivity index (χ0v) is 17.3. The first-order valence-electron chi connectivity index (χ1n) is 10.3. The molecule has 0 aliphatic heterocycles. The lowest BCUT2D eigenvalue weighted by molar-refractivity contribution is 0.414. The fourth-order valence-electron chi connectivity index (χ4n) is 4.43. The molecule has 3 aromatic rings. The van der Waals surface area contributed by atoms with Crippen LogP contribution in [-0.4, -0.2) is 18.6 Å². The highest BCUT2D eigenvalue weighted by atomic mass is 16.5. The molecule has 1 aliphatic rings. The third-order valence-electron chi connectivity index (χ3n) is 5.97. The fraction of sp³-hybridized carbons (Fsp3) is 0.292. The minimum atomic E-state index is 0.0861. The first kappa shape index (κ1) is 20.0. The van der Waals surface area contributed by atoms with E-state index in [1.165, 1.54) is 16.7 Å². The maximum atomic E-state index is 6.30. The molecule has 0 saturated heterocycles. The maximum Gasteiger partial charge on any atom is 0.149 e. The van der Waals surface area contributed by atoms with Crippen LogP contribution in [0.3, 0.4) is 0 Å². The van der Waals surface area contributed by atoms with Gasteiger partial charge in [0.05, 0.1) is 12.8 Å². The minimum Gasteiger partial charge on any atom is -0.497 e. The van der Waals surface area contributed by atoms with Crippen molar-refractivity contribution in [2.24, 2.45) is 0 Å². The number of hydrogen-bond donors (Lipinski definition) is 4. The van der Waals surface area contributed by atoms with Crippen molar-refractivity contribution in [3.05, 3.63) is 76.9 Å². The highest BCUT2D eigenvalue weighted by molar-refractivity contribution is 5.68. The molecule has 1 heterocycles. The summed E-state index contributed by atoms with van der Waals surface area (Å²) in [5, 5.41) is 3.73. The molecular formula is C24H29N5O. The lowest BCUT2D eigenvalue weighted by Gasteiger charge is -2.22. The van der Waals surface area contributed by atoms with E-state index in [1.807, 2.05) is 30.3 Å². The van der Waals surface area contributed by atoms with E-state index in [1.54, 1.807) is 7.11 Å². The SMILES string of the molecule is COc1ccc2c(c1)CCC2NCCC(c1ccccc1)c1cc(N)nc(N)c1N. The van der Waals surface area contributed by atoms with Gasteiger partial charge in [-0.25, -0.2) is 4.98 Å². The highest BCUT2D eigenvalue weighted by Gasteiger charge is 2.24. The van der Waals surface area contributed by atoms with Crippen molar-refractivity contribution in [1.29, 1.82) is 0 Å². The molecule has 4 rings (SSSR count). The second-order valence-electron chi connectivity index (χ2n) is 7.80. The van der Waals surface area contributed by atoms with Crippen LogP contribution in [0, 0.1) is 0 Å². The fourth-order valence-corrected chi connectivity index (χ4v) is 4.43. The van der Waals surface area contributed by atoms with Gasteiger partial charge in [-0.2, -0.15) is 0 Å². The summed E-state index contributed by atoms with van der Waals surface area (Å²) in [7, 11) is 1.71. The predicted molar refractivity (Wildman–Crippen MR) is 122 cm³/mol. The predicted octanol–water partition coefficient (Wildman–Crippen LogP) is 3.64. The number of aromatic nitrogens is 1. The number of nitrogens with zero attached hydrogens (tertiary/aromatic N) is 1. The van der Waals surface area contributed by atoms with E-state index in [-0.39, 0.29) is 11.7 Å². The molecule has 0 saturated carbocycles. The Morgan fingerprint density at radius 3 is 2.67 bits per heavy atom. The molecule has 6 nitrogen and oxygen atoms in total. The van der Waals surface area contributed by atoms with E-state index in [0.717, 1.165) is 37.1 Å². The highest BCUT2D eigenvalue weighted by Crippen LogP contribution is 2.36. The van der Waals surface area contributed by atoms with Gasteiger partial charge in [-0.15, -0.1) is 0 Å². The average molecular weight is 404 g/mol. The molecule has 156 valence electrons. The molecule has 2 atom stereocenters. The number of rotatable bonds is 7. The zero-order valence-electron chi connectivity index (χ0n) is 17.3. The van der Waals surface area contributed by atoms with Gasteiger partial charge in [-0.05, 0) is 66.3 Å². The first-order valence-corrected chi connectivity index (χ1v) is 10.3. The Balaban J connectivity index is 1.52. The van der Waals surface area contributed by atoms with Crippen LogP contribution in [0.4, 0.5) is 17.3 Å². The van der Waals surface area contributed by atoms with Gasteiger partial charge in [-0.3, -0.25) is 0 Å². The summed E-state index contributed by atoms with van der Waals surface area (Å²) < 4.78 is 5.36. The molecule has 0 radical (unpaired) electrons. The number of nitrogen functional groups attached to an aromatic ring is 3. The van der Waals surface area contributed by atoms with Crippen LogP contribution >= 0.6 is 0 Å². The van der Waals surface area contributed by atoms with Gasteiger partial charge in [0.2, 0.25) is 0 Å². The summed E-state index contributed by atoms with van der Waals surface area (Å²) in [6, 6.07) is 18.9. The lowest BCUT2D eigenvalue weighted by Crippen LogP contribution is -2.23. The summed E-state index contributed by atoms with van der Waals surface area (Å²) in [4.78, 5) is 4.10. The van der Waals surface area contributed by atoms with E-state index in [2.05, 4.69) is 34.6 Å². The van der Waals surface area contributed by atoms with E-state index in [9.17, 15) is 0 Å². The van der Waals surface area contributed by atoms with Crippen LogP contribution in [0.5, 0.6) is 5.75 Å². The largest absolute Gasteiger partial charge is 0.497 e. The van der Waals surface area contributed by atoms with Crippen LogP contribution < -0.4 is 27.3 Å². The Labute approximate surface area is 177 Å². The second kappa shape index (κ2) is 8.63. The molecule has 2 aromatic carbocycles.